The minimum Gasteiger partial charge on any atom is -0.464 e. The molecule has 0 atom stereocenters. The molecule has 8 heteroatoms. The van der Waals surface area contributed by atoms with Gasteiger partial charge in [0.1, 0.15) is 24.3 Å². The molecule has 8 nitrogen and oxygen atoms in total. The fourth-order valence-corrected chi connectivity index (χ4v) is 3.47. The molecule has 29 heavy (non-hydrogen) atoms. The number of benzene rings is 1. The van der Waals surface area contributed by atoms with E-state index in [0.717, 1.165) is 53.8 Å². The number of rotatable bonds is 9. The highest BCUT2D eigenvalue weighted by atomic mass is 16.6. The predicted molar refractivity (Wildman–Crippen MR) is 108 cm³/mol. The molecule has 2 aromatic heterocycles. The molecule has 1 aliphatic heterocycles. The highest BCUT2D eigenvalue weighted by Crippen LogP contribution is 2.34. The van der Waals surface area contributed by atoms with E-state index in [0.29, 0.717) is 25.6 Å². The van der Waals surface area contributed by atoms with Crippen molar-refractivity contribution in [1.82, 2.24) is 9.97 Å². The third-order valence-electron chi connectivity index (χ3n) is 4.78. The summed E-state index contributed by atoms with van der Waals surface area (Å²) < 4.78 is 21.8. The maximum Gasteiger partial charge on any atom is 0.332 e. The van der Waals surface area contributed by atoms with Crippen molar-refractivity contribution in [3.8, 4) is 0 Å². The third-order valence-corrected chi connectivity index (χ3v) is 4.78. The number of hydrogen-bond donors (Lipinski definition) is 0. The molecular weight excluding hydrogens is 374 g/mol. The average molecular weight is 399 g/mol. The van der Waals surface area contributed by atoms with Crippen LogP contribution in [0.2, 0.25) is 0 Å². The van der Waals surface area contributed by atoms with E-state index in [1.807, 2.05) is 24.3 Å². The first-order valence-electron chi connectivity index (χ1n) is 10.0. The van der Waals surface area contributed by atoms with Gasteiger partial charge >= 0.3 is 5.97 Å². The minimum atomic E-state index is -0.372. The number of para-hydroxylation sites is 1. The number of fused-ring (bicyclic) bond motifs is 3. The molecule has 1 aromatic carbocycles. The molecule has 4 rings (SSSR count). The Morgan fingerprint density at radius 1 is 1.14 bits per heavy atom. The van der Waals surface area contributed by atoms with Gasteiger partial charge in [-0.25, -0.2) is 14.8 Å². The first-order valence-corrected chi connectivity index (χ1v) is 10.0. The molecule has 0 amide bonds. The third kappa shape index (κ3) is 4.49. The normalized spacial score (nSPS) is 14.2. The van der Waals surface area contributed by atoms with Gasteiger partial charge in [0.25, 0.3) is 0 Å². The van der Waals surface area contributed by atoms with Crippen LogP contribution in [-0.4, -0.2) is 55.5 Å². The Hall–Kier alpha value is -2.71. The first kappa shape index (κ1) is 19.6. The van der Waals surface area contributed by atoms with Crippen LogP contribution in [0.25, 0.3) is 22.1 Å². The van der Waals surface area contributed by atoms with E-state index in [4.69, 9.17) is 28.6 Å². The predicted octanol–water partition coefficient (Wildman–Crippen LogP) is 3.07. The Bertz CT molecular complexity index is 981. The van der Waals surface area contributed by atoms with Gasteiger partial charge < -0.3 is 23.5 Å². The van der Waals surface area contributed by atoms with Gasteiger partial charge in [-0.15, -0.1) is 0 Å². The Balaban J connectivity index is 1.46. The number of hydrogen-bond acceptors (Lipinski definition) is 8. The fraction of sp³-hybridized carbons (Fsp3) is 0.476. The molecule has 154 valence electrons. The molecule has 0 aliphatic carbocycles. The maximum atomic E-state index is 11.2. The SMILES string of the molecule is CCOC(=O)COCCOCc1nc(N2CCCC2)c2oc3ccccc3c2n1. The lowest BCUT2D eigenvalue weighted by Gasteiger charge is -2.17. The maximum absolute atomic E-state index is 11.2. The highest BCUT2D eigenvalue weighted by Gasteiger charge is 2.22. The lowest BCUT2D eigenvalue weighted by Crippen LogP contribution is -2.20. The monoisotopic (exact) mass is 399 g/mol. The van der Waals surface area contributed by atoms with E-state index < -0.39 is 0 Å². The van der Waals surface area contributed by atoms with Gasteiger partial charge in [-0.2, -0.15) is 0 Å². The molecule has 0 N–H and O–H groups in total. The van der Waals surface area contributed by atoms with Crippen molar-refractivity contribution in [3.05, 3.63) is 30.1 Å². The average Bonchev–Trinajstić information content (AvgIpc) is 3.38. The topological polar surface area (TPSA) is 86.9 Å². The Labute approximate surface area is 168 Å². The molecule has 1 aliphatic rings. The zero-order chi connectivity index (χ0) is 20.1. The zero-order valence-corrected chi connectivity index (χ0v) is 16.6. The number of nitrogens with zero attached hydrogens (tertiary/aromatic N) is 3. The van der Waals surface area contributed by atoms with Crippen LogP contribution in [0.5, 0.6) is 0 Å². The van der Waals surface area contributed by atoms with E-state index in [-0.39, 0.29) is 19.2 Å². The lowest BCUT2D eigenvalue weighted by molar-refractivity contribution is -0.148. The van der Waals surface area contributed by atoms with Gasteiger partial charge in [0, 0.05) is 18.5 Å². The molecule has 0 radical (unpaired) electrons. The van der Waals surface area contributed by atoms with E-state index >= 15 is 0 Å². The number of ether oxygens (including phenoxy) is 3. The molecule has 0 bridgehead atoms. The number of carbonyl (C=O) groups is 1. The largest absolute Gasteiger partial charge is 0.464 e. The van der Waals surface area contributed by atoms with Crippen LogP contribution < -0.4 is 4.90 Å². The van der Waals surface area contributed by atoms with Crippen LogP contribution in [0.1, 0.15) is 25.6 Å². The van der Waals surface area contributed by atoms with Crippen LogP contribution in [-0.2, 0) is 25.6 Å². The van der Waals surface area contributed by atoms with Gasteiger partial charge in [-0.3, -0.25) is 0 Å². The lowest BCUT2D eigenvalue weighted by atomic mass is 10.2. The molecule has 0 unspecified atom stereocenters. The summed E-state index contributed by atoms with van der Waals surface area (Å²) in [6.45, 7) is 4.87. The van der Waals surface area contributed by atoms with Crippen LogP contribution in [0, 0.1) is 0 Å². The summed E-state index contributed by atoms with van der Waals surface area (Å²) in [6, 6.07) is 7.89. The zero-order valence-electron chi connectivity index (χ0n) is 16.6. The van der Waals surface area contributed by atoms with E-state index in [2.05, 4.69) is 4.90 Å². The number of furan rings is 1. The molecule has 0 spiro atoms. The van der Waals surface area contributed by atoms with Gasteiger partial charge in [-0.1, -0.05) is 12.1 Å². The summed E-state index contributed by atoms with van der Waals surface area (Å²) in [7, 11) is 0. The van der Waals surface area contributed by atoms with Gasteiger partial charge in [0.2, 0.25) is 0 Å². The number of anilines is 1. The van der Waals surface area contributed by atoms with Crippen LogP contribution in [0.4, 0.5) is 5.82 Å². The molecule has 1 fully saturated rings. The smallest absolute Gasteiger partial charge is 0.332 e. The second kappa shape index (κ2) is 9.19. The van der Waals surface area contributed by atoms with Gasteiger partial charge in [0.05, 0.1) is 19.8 Å². The summed E-state index contributed by atoms with van der Waals surface area (Å²) in [4.78, 5) is 22.9. The van der Waals surface area contributed by atoms with Gasteiger partial charge in [-0.05, 0) is 31.9 Å². The van der Waals surface area contributed by atoms with E-state index in [1.165, 1.54) is 0 Å². The Morgan fingerprint density at radius 2 is 1.93 bits per heavy atom. The van der Waals surface area contributed by atoms with Crippen molar-refractivity contribution >= 4 is 33.9 Å². The van der Waals surface area contributed by atoms with Crippen molar-refractivity contribution in [2.45, 2.75) is 26.4 Å². The summed E-state index contributed by atoms with van der Waals surface area (Å²) in [5, 5.41) is 0.976. The number of esters is 1. The summed E-state index contributed by atoms with van der Waals surface area (Å²) in [6.07, 6.45) is 2.30. The molecular formula is C21H25N3O5. The highest BCUT2D eigenvalue weighted by molar-refractivity contribution is 6.05. The second-order valence-electron chi connectivity index (χ2n) is 6.84. The van der Waals surface area contributed by atoms with E-state index in [9.17, 15) is 4.79 Å². The quantitative estimate of drug-likeness (QED) is 0.401. The second-order valence-corrected chi connectivity index (χ2v) is 6.84. The van der Waals surface area contributed by atoms with Gasteiger partial charge in [0.15, 0.2) is 17.2 Å². The number of carbonyl (C=O) groups excluding carboxylic acids is 1. The summed E-state index contributed by atoms with van der Waals surface area (Å²) in [5.41, 5.74) is 2.35. The molecule has 0 saturated carbocycles. The van der Waals surface area contributed by atoms with Crippen LogP contribution in [0.15, 0.2) is 28.7 Å². The summed E-state index contributed by atoms with van der Waals surface area (Å²) >= 11 is 0. The van der Waals surface area contributed by atoms with Crippen molar-refractivity contribution in [2.75, 3.05) is 44.4 Å². The molecule has 3 aromatic rings. The minimum absolute atomic E-state index is 0.0697. The standard InChI is InChI=1S/C21H25N3O5/c1-2-28-18(25)14-27-12-11-26-13-17-22-19-15-7-3-4-8-16(15)29-20(19)21(23-17)24-9-5-6-10-24/h3-4,7-8H,2,5-6,9-14H2,1H3. The van der Waals surface area contributed by atoms with Crippen molar-refractivity contribution in [3.63, 3.8) is 0 Å². The molecule has 1 saturated heterocycles. The van der Waals surface area contributed by atoms with Crippen molar-refractivity contribution < 1.29 is 23.4 Å². The van der Waals surface area contributed by atoms with Crippen molar-refractivity contribution in [2.24, 2.45) is 0 Å². The van der Waals surface area contributed by atoms with Crippen molar-refractivity contribution in [1.29, 1.82) is 0 Å². The Kier molecular flexibility index (Phi) is 6.21. The Morgan fingerprint density at radius 3 is 2.76 bits per heavy atom. The molecule has 3 heterocycles. The number of aromatic nitrogens is 2. The van der Waals surface area contributed by atoms with Crippen LogP contribution >= 0.6 is 0 Å². The van der Waals surface area contributed by atoms with E-state index in [1.54, 1.807) is 6.92 Å². The van der Waals surface area contributed by atoms with Crippen LogP contribution in [0.3, 0.4) is 0 Å². The first-order chi connectivity index (χ1) is 14.3. The fourth-order valence-electron chi connectivity index (χ4n) is 3.47. The summed E-state index contributed by atoms with van der Waals surface area (Å²) in [5.74, 6) is 1.07.